The molecular weight excluding hydrogens is 400 g/mol. The van der Waals surface area contributed by atoms with Crippen molar-refractivity contribution in [2.45, 2.75) is 50.6 Å². The zero-order chi connectivity index (χ0) is 21.4. The van der Waals surface area contributed by atoms with E-state index < -0.39 is 12.0 Å². The fourth-order valence-electron chi connectivity index (χ4n) is 4.59. The minimum absolute atomic E-state index is 0.0828. The van der Waals surface area contributed by atoms with Crippen LogP contribution in [-0.4, -0.2) is 45.0 Å². The number of hydrogen-bond acceptors (Lipinski definition) is 3. The van der Waals surface area contributed by atoms with Crippen molar-refractivity contribution in [3.05, 3.63) is 48.0 Å². The molecule has 0 bridgehead atoms. The Labute approximate surface area is 179 Å². The van der Waals surface area contributed by atoms with Crippen LogP contribution < -0.4 is 5.32 Å². The van der Waals surface area contributed by atoms with Gasteiger partial charge < -0.3 is 10.2 Å². The Balaban J connectivity index is 1.40. The summed E-state index contributed by atoms with van der Waals surface area (Å²) in [6.07, 6.45) is 9.15. The summed E-state index contributed by atoms with van der Waals surface area (Å²) in [5.41, 5.74) is 2.42. The van der Waals surface area contributed by atoms with Crippen molar-refractivity contribution in [2.75, 3.05) is 18.4 Å². The summed E-state index contributed by atoms with van der Waals surface area (Å²) >= 11 is 0. The summed E-state index contributed by atoms with van der Waals surface area (Å²) < 4.78 is 29.4. The molecule has 2 aromatic heterocycles. The molecule has 3 aromatic rings. The molecule has 6 nitrogen and oxygen atoms in total. The third kappa shape index (κ3) is 4.11. The van der Waals surface area contributed by atoms with E-state index in [-0.39, 0.29) is 18.3 Å². The van der Waals surface area contributed by atoms with Gasteiger partial charge in [0.1, 0.15) is 17.7 Å². The molecule has 3 heterocycles. The number of amides is 2. The van der Waals surface area contributed by atoms with Crippen molar-refractivity contribution >= 4 is 22.8 Å². The average molecular weight is 425 g/mol. The number of nitrogens with zero attached hydrogens (tertiary/aromatic N) is 4. The number of alkyl halides is 1. The molecule has 1 saturated carbocycles. The molecule has 0 unspecified atom stereocenters. The fraction of sp³-hybridized carbons (Fsp3) is 0.435. The average Bonchev–Trinajstić information content (AvgIpc) is 3.41. The van der Waals surface area contributed by atoms with E-state index in [1.54, 1.807) is 6.20 Å². The van der Waals surface area contributed by atoms with Gasteiger partial charge in [-0.05, 0) is 55.0 Å². The summed E-state index contributed by atoms with van der Waals surface area (Å²) in [5.74, 6) is 0.0714. The van der Waals surface area contributed by atoms with Gasteiger partial charge in [-0.25, -0.2) is 23.2 Å². The second kappa shape index (κ2) is 8.24. The maximum atomic E-state index is 14.6. The molecule has 1 saturated heterocycles. The first-order valence-corrected chi connectivity index (χ1v) is 10.9. The van der Waals surface area contributed by atoms with Crippen molar-refractivity contribution in [1.29, 1.82) is 0 Å². The summed E-state index contributed by atoms with van der Waals surface area (Å²) in [7, 11) is 0. The van der Waals surface area contributed by atoms with Crippen LogP contribution in [0.4, 0.5) is 19.3 Å². The SMILES string of the molecule is O=C(Nc1ccc(F)c(-n2cc3cc(C4CCCCC4)cnc3n2)c1)N1CC[C@@H](F)C1. The number of pyridine rings is 1. The topological polar surface area (TPSA) is 63.1 Å². The first-order valence-electron chi connectivity index (χ1n) is 10.9. The lowest BCUT2D eigenvalue weighted by Crippen LogP contribution is -2.33. The smallest absolute Gasteiger partial charge is 0.321 e. The first kappa shape index (κ1) is 19.9. The number of carbonyl (C=O) groups excluding carboxylic acids is 1. The number of likely N-dealkylation sites (tertiary alicyclic amines) is 1. The molecular formula is C23H25F2N5O. The van der Waals surface area contributed by atoms with Crippen molar-refractivity contribution in [3.8, 4) is 5.69 Å². The number of benzene rings is 1. The Hall–Kier alpha value is -3.03. The van der Waals surface area contributed by atoms with Crippen LogP contribution in [0.2, 0.25) is 0 Å². The number of nitrogens with one attached hydrogen (secondary N) is 1. The van der Waals surface area contributed by atoms with Crippen LogP contribution in [0.1, 0.15) is 50.0 Å². The molecule has 31 heavy (non-hydrogen) atoms. The van der Waals surface area contributed by atoms with Crippen LogP contribution in [0.3, 0.4) is 0 Å². The van der Waals surface area contributed by atoms with E-state index in [2.05, 4.69) is 21.5 Å². The van der Waals surface area contributed by atoms with Gasteiger partial charge in [-0.3, -0.25) is 0 Å². The van der Waals surface area contributed by atoms with Gasteiger partial charge in [-0.15, -0.1) is 5.10 Å². The standard InChI is InChI=1S/C23H25F2N5O/c24-18-8-9-29(14-18)23(31)27-19-6-7-20(25)21(11-19)30-13-17-10-16(12-26-22(17)28-30)15-4-2-1-3-5-15/h6-7,10-13,15,18H,1-5,8-9,14H2,(H,27,31)/t18-/m1/s1. The van der Waals surface area contributed by atoms with Crippen molar-refractivity contribution in [3.63, 3.8) is 0 Å². The Bertz CT molecular complexity index is 1110. The highest BCUT2D eigenvalue weighted by Gasteiger charge is 2.26. The van der Waals surface area contributed by atoms with Crippen molar-refractivity contribution < 1.29 is 13.6 Å². The normalized spacial score (nSPS) is 19.8. The second-order valence-electron chi connectivity index (χ2n) is 8.52. The fourth-order valence-corrected chi connectivity index (χ4v) is 4.59. The van der Waals surface area contributed by atoms with Gasteiger partial charge in [-0.2, -0.15) is 0 Å². The summed E-state index contributed by atoms with van der Waals surface area (Å²) in [4.78, 5) is 18.3. The Morgan fingerprint density at radius 1 is 1.13 bits per heavy atom. The quantitative estimate of drug-likeness (QED) is 0.629. The van der Waals surface area contributed by atoms with Gasteiger partial charge in [0.25, 0.3) is 0 Å². The second-order valence-corrected chi connectivity index (χ2v) is 8.52. The first-order chi connectivity index (χ1) is 15.1. The molecule has 1 N–H and O–H groups in total. The van der Waals surface area contributed by atoms with Crippen LogP contribution in [-0.2, 0) is 0 Å². The van der Waals surface area contributed by atoms with E-state index in [1.165, 1.54) is 65.4 Å². The van der Waals surface area contributed by atoms with E-state index in [1.807, 2.05) is 6.20 Å². The van der Waals surface area contributed by atoms with E-state index in [0.29, 0.717) is 30.2 Å². The molecule has 8 heteroatoms. The lowest BCUT2D eigenvalue weighted by molar-refractivity contribution is 0.218. The molecule has 5 rings (SSSR count). The van der Waals surface area contributed by atoms with Gasteiger partial charge in [0.05, 0.1) is 6.54 Å². The molecule has 2 fully saturated rings. The van der Waals surface area contributed by atoms with Crippen molar-refractivity contribution in [2.24, 2.45) is 0 Å². The highest BCUT2D eigenvalue weighted by molar-refractivity contribution is 5.90. The highest BCUT2D eigenvalue weighted by atomic mass is 19.1. The molecule has 0 spiro atoms. The predicted molar refractivity (Wildman–Crippen MR) is 115 cm³/mol. The monoisotopic (exact) mass is 425 g/mol. The van der Waals surface area contributed by atoms with Gasteiger partial charge >= 0.3 is 6.03 Å². The third-order valence-electron chi connectivity index (χ3n) is 6.32. The number of fused-ring (bicyclic) bond motifs is 1. The van der Waals surface area contributed by atoms with E-state index in [4.69, 9.17) is 0 Å². The van der Waals surface area contributed by atoms with Crippen LogP contribution in [0.15, 0.2) is 36.7 Å². The minimum atomic E-state index is -0.989. The number of aromatic nitrogens is 3. The molecule has 0 radical (unpaired) electrons. The van der Waals surface area contributed by atoms with E-state index >= 15 is 0 Å². The molecule has 1 aliphatic carbocycles. The maximum Gasteiger partial charge on any atom is 0.321 e. The van der Waals surface area contributed by atoms with E-state index in [9.17, 15) is 13.6 Å². The number of carbonyl (C=O) groups is 1. The van der Waals surface area contributed by atoms with E-state index in [0.717, 1.165) is 5.39 Å². The van der Waals surface area contributed by atoms with Gasteiger partial charge in [-0.1, -0.05) is 19.3 Å². The van der Waals surface area contributed by atoms with Crippen LogP contribution in [0.5, 0.6) is 0 Å². The lowest BCUT2D eigenvalue weighted by Gasteiger charge is -2.21. The predicted octanol–water partition coefficient (Wildman–Crippen LogP) is 5.18. The largest absolute Gasteiger partial charge is 0.322 e. The molecule has 1 aliphatic heterocycles. The molecule has 162 valence electrons. The summed E-state index contributed by atoms with van der Waals surface area (Å²) in [5, 5.41) is 8.02. The number of anilines is 1. The van der Waals surface area contributed by atoms with Crippen LogP contribution in [0.25, 0.3) is 16.7 Å². The Kier molecular flexibility index (Phi) is 5.29. The zero-order valence-electron chi connectivity index (χ0n) is 17.2. The third-order valence-corrected chi connectivity index (χ3v) is 6.32. The zero-order valence-corrected chi connectivity index (χ0v) is 17.2. The number of urea groups is 1. The molecule has 1 atom stereocenters. The Morgan fingerprint density at radius 2 is 1.97 bits per heavy atom. The number of hydrogen-bond donors (Lipinski definition) is 1. The van der Waals surface area contributed by atoms with Crippen LogP contribution >= 0.6 is 0 Å². The molecule has 2 amide bonds. The number of halogens is 2. The Morgan fingerprint density at radius 3 is 2.74 bits per heavy atom. The summed E-state index contributed by atoms with van der Waals surface area (Å²) in [6, 6.07) is 6.03. The highest BCUT2D eigenvalue weighted by Crippen LogP contribution is 2.33. The van der Waals surface area contributed by atoms with Crippen molar-refractivity contribution in [1.82, 2.24) is 19.7 Å². The minimum Gasteiger partial charge on any atom is -0.322 e. The van der Waals surface area contributed by atoms with Gasteiger partial charge in [0, 0.05) is 30.0 Å². The van der Waals surface area contributed by atoms with Gasteiger partial charge in [0.15, 0.2) is 5.65 Å². The summed E-state index contributed by atoms with van der Waals surface area (Å²) in [6.45, 7) is 0.458. The van der Waals surface area contributed by atoms with Gasteiger partial charge in [0.2, 0.25) is 0 Å². The van der Waals surface area contributed by atoms with Crippen LogP contribution in [0, 0.1) is 5.82 Å². The molecule has 1 aromatic carbocycles. The molecule has 2 aliphatic rings. The lowest BCUT2D eigenvalue weighted by atomic mass is 9.85. The maximum absolute atomic E-state index is 14.6. The number of rotatable bonds is 3.